The van der Waals surface area contributed by atoms with Crippen LogP contribution in [-0.4, -0.2) is 124 Å². The maximum Gasteiger partial charge on any atom is 0.294 e. The van der Waals surface area contributed by atoms with E-state index >= 15 is 0 Å². The standard InChI is InChI=1S/C57H73N7O17S6/c1-56(2)45-37-43(86(75,76)77)25-27-47(45)63(33-10-12-35-83(67,68)69)49(56)29-21-40-15-14-16-41(22-30-50-57(3,4)46-38-44(87(78,79)80)26-28-48(46)64(50)34-11-13-36-84(70,71)72)53(40)81-42-23-18-39(19-24-42)20-31-51(65)59-32-9-7-5-6-8-17-52(66)60-54-61-62-55(82-54)85(58,73)74/h18-19,21-30,37-38H,5-17,20,31-36H2,1-4H3,(H7-,58,59,60,61,65,66,67,68,69,70,71,72,73,74,75,76,77,78,79,80)/p+1. The van der Waals surface area contributed by atoms with Crippen molar-refractivity contribution in [3.63, 3.8) is 0 Å². The molecule has 87 heavy (non-hydrogen) atoms. The number of primary sulfonamides is 1. The Balaban J connectivity index is 1.12. The second-order valence-electron chi connectivity index (χ2n) is 22.6. The summed E-state index contributed by atoms with van der Waals surface area (Å²) in [5.41, 5.74) is 4.67. The topological polar surface area (TPSA) is 377 Å². The van der Waals surface area contributed by atoms with Gasteiger partial charge in [-0.2, -0.15) is 38.2 Å². The summed E-state index contributed by atoms with van der Waals surface area (Å²) in [5.74, 6) is -0.350. The number of anilines is 2. The Hall–Kier alpha value is -6.06. The predicted molar refractivity (Wildman–Crippen MR) is 329 cm³/mol. The molecule has 4 aromatic rings. The highest BCUT2D eigenvalue weighted by atomic mass is 32.3. The molecule has 3 aromatic carbocycles. The zero-order chi connectivity index (χ0) is 63.8. The van der Waals surface area contributed by atoms with Crippen molar-refractivity contribution in [1.29, 1.82) is 0 Å². The molecule has 1 aliphatic carbocycles. The monoisotopic (exact) mass is 1320 g/mol. The van der Waals surface area contributed by atoms with Crippen LogP contribution in [0.2, 0.25) is 0 Å². The zero-order valence-corrected chi connectivity index (χ0v) is 53.5. The van der Waals surface area contributed by atoms with Crippen LogP contribution < -0.4 is 25.4 Å². The van der Waals surface area contributed by atoms with E-state index in [0.29, 0.717) is 110 Å². The lowest BCUT2D eigenvalue weighted by Crippen LogP contribution is -2.28. The minimum absolute atomic E-state index is 0.0482. The Morgan fingerprint density at radius 2 is 1.33 bits per heavy atom. The first-order valence-electron chi connectivity index (χ1n) is 28.2. The number of nitrogens with two attached hydrogens (primary N) is 1. The first-order chi connectivity index (χ1) is 40.6. The van der Waals surface area contributed by atoms with Gasteiger partial charge in [0.2, 0.25) is 27.0 Å². The third kappa shape index (κ3) is 18.7. The lowest BCUT2D eigenvalue weighted by Gasteiger charge is -2.27. The molecule has 1 aromatic heterocycles. The molecule has 24 nitrogen and oxygen atoms in total. The number of rotatable bonds is 30. The van der Waals surface area contributed by atoms with E-state index in [-0.39, 0.29) is 56.8 Å². The van der Waals surface area contributed by atoms with Crippen LogP contribution in [0.1, 0.15) is 134 Å². The molecule has 3 heterocycles. The van der Waals surface area contributed by atoms with Crippen molar-refractivity contribution in [3.8, 4) is 5.75 Å². The number of sulfonamides is 1. The van der Waals surface area contributed by atoms with E-state index in [1.54, 1.807) is 24.3 Å². The molecule has 2 aliphatic heterocycles. The molecule has 0 saturated heterocycles. The maximum atomic E-state index is 12.9. The Kier molecular flexibility index (Phi) is 22.2. The highest BCUT2D eigenvalue weighted by molar-refractivity contribution is 7.91. The van der Waals surface area contributed by atoms with Crippen molar-refractivity contribution in [3.05, 3.63) is 124 Å². The average molecular weight is 1320 g/mol. The highest BCUT2D eigenvalue weighted by Gasteiger charge is 2.45. The van der Waals surface area contributed by atoms with E-state index in [0.717, 1.165) is 53.8 Å². The summed E-state index contributed by atoms with van der Waals surface area (Å²) in [6, 6.07) is 16.0. The third-order valence-corrected chi connectivity index (χ3v) is 20.8. The van der Waals surface area contributed by atoms with Gasteiger partial charge in [-0.05, 0) is 149 Å². The van der Waals surface area contributed by atoms with Crippen LogP contribution in [0.3, 0.4) is 0 Å². The predicted octanol–water partition coefficient (Wildman–Crippen LogP) is 8.10. The molecule has 2 amide bonds. The van der Waals surface area contributed by atoms with Crippen LogP contribution in [-0.2, 0) is 77.3 Å². The van der Waals surface area contributed by atoms with Crippen molar-refractivity contribution in [1.82, 2.24) is 15.5 Å². The van der Waals surface area contributed by atoms with Gasteiger partial charge in [0.15, 0.2) is 5.71 Å². The Labute approximate surface area is 512 Å². The number of carbonyl (C=O) groups excluding carboxylic acids is 2. The van der Waals surface area contributed by atoms with Crippen LogP contribution in [0.5, 0.6) is 5.75 Å². The van der Waals surface area contributed by atoms with Crippen molar-refractivity contribution in [2.45, 2.75) is 149 Å². The van der Waals surface area contributed by atoms with Crippen LogP contribution in [0.15, 0.2) is 122 Å². The zero-order valence-electron chi connectivity index (χ0n) is 48.6. The number of carbonyl (C=O) groups is 2. The molecule has 0 fully saturated rings. The fourth-order valence-electron chi connectivity index (χ4n) is 10.8. The Morgan fingerprint density at radius 1 is 0.701 bits per heavy atom. The van der Waals surface area contributed by atoms with Crippen LogP contribution in [0.4, 0.5) is 16.5 Å². The van der Waals surface area contributed by atoms with E-state index in [1.807, 2.05) is 73.6 Å². The van der Waals surface area contributed by atoms with E-state index < -0.39 is 72.8 Å². The number of aryl methyl sites for hydroxylation is 1. The van der Waals surface area contributed by atoms with Crippen molar-refractivity contribution in [2.75, 3.05) is 41.4 Å². The van der Waals surface area contributed by atoms with Gasteiger partial charge in [0.25, 0.3) is 50.5 Å². The van der Waals surface area contributed by atoms with E-state index in [2.05, 4.69) is 20.8 Å². The van der Waals surface area contributed by atoms with Crippen molar-refractivity contribution in [2.24, 2.45) is 5.14 Å². The number of nitrogens with one attached hydrogen (secondary N) is 2. The van der Waals surface area contributed by atoms with Gasteiger partial charge in [0.05, 0.1) is 26.7 Å². The number of fused-ring (bicyclic) bond motifs is 2. The summed E-state index contributed by atoms with van der Waals surface area (Å²) >= 11 is 0.672. The van der Waals surface area contributed by atoms with E-state index in [1.165, 1.54) is 24.3 Å². The van der Waals surface area contributed by atoms with Crippen LogP contribution >= 0.6 is 11.3 Å². The summed E-state index contributed by atoms with van der Waals surface area (Å²) < 4.78 is 166. The number of aromatic nitrogens is 2. The maximum absolute atomic E-state index is 12.9. The SMILES string of the molecule is CC1(C)C(/C=C/C2=C(Oc3ccc(CCC(=O)NCCCCCCCC(=O)Nc4nnc(S(N)(=O)=O)s4)cc3)C(=C/C=C3/N(CCCCS(=O)(=O)O)c4ccc(S(=O)(=O)O)cc4C3(C)C)/CCC2)=[N+](CCCCS(=O)(=O)O)c2ccc(S(=O)(=O)O)cc21. The molecule has 0 bridgehead atoms. The molecule has 3 aliphatic rings. The van der Waals surface area contributed by atoms with Crippen molar-refractivity contribution < 1.29 is 79.2 Å². The Morgan fingerprint density at radius 3 is 1.98 bits per heavy atom. The number of nitrogens with zero attached hydrogens (tertiary/aromatic N) is 4. The quantitative estimate of drug-likeness (QED) is 0.0112. The second-order valence-corrected chi connectivity index (χ2v) is 31.3. The minimum atomic E-state index is -4.59. The summed E-state index contributed by atoms with van der Waals surface area (Å²) in [6.07, 6.45) is 15.1. The normalized spacial score (nSPS) is 17.1. The van der Waals surface area contributed by atoms with Crippen molar-refractivity contribution >= 4 is 95.9 Å². The number of hydrogen-bond acceptors (Lipinski definition) is 17. The number of amides is 2. The Bertz CT molecular complexity index is 4000. The first-order valence-corrected chi connectivity index (χ1v) is 36.7. The molecule has 30 heteroatoms. The fourth-order valence-corrected chi connectivity index (χ4v) is 14.3. The molecule has 0 unspecified atom stereocenters. The van der Waals surface area contributed by atoms with Gasteiger partial charge in [-0.3, -0.25) is 27.8 Å². The van der Waals surface area contributed by atoms with Gasteiger partial charge in [-0.15, -0.1) is 10.2 Å². The average Bonchev–Trinajstić information content (AvgIpc) is 1.62. The number of allylic oxidation sites excluding steroid dienone is 7. The van der Waals surface area contributed by atoms with E-state index in [9.17, 15) is 69.9 Å². The first kappa shape index (κ1) is 68.4. The fraction of sp³-hybridized carbons (Fsp3) is 0.456. The van der Waals surface area contributed by atoms with Gasteiger partial charge >= 0.3 is 0 Å². The molecule has 0 spiro atoms. The molecule has 7 rings (SSSR count). The van der Waals surface area contributed by atoms with Gasteiger partial charge in [-0.1, -0.05) is 62.7 Å². The number of benzene rings is 3. The van der Waals surface area contributed by atoms with Gasteiger partial charge in [0.1, 0.15) is 18.1 Å². The summed E-state index contributed by atoms with van der Waals surface area (Å²) in [4.78, 5) is 26.6. The highest BCUT2D eigenvalue weighted by Crippen LogP contribution is 2.49. The molecule has 474 valence electrons. The molecular weight excluding hydrogens is 1250 g/mol. The molecule has 8 N–H and O–H groups in total. The lowest BCUT2D eigenvalue weighted by molar-refractivity contribution is -0.438. The summed E-state index contributed by atoms with van der Waals surface area (Å²) in [7, 11) is -21.7. The lowest BCUT2D eigenvalue weighted by atomic mass is 9.81. The smallest absolute Gasteiger partial charge is 0.294 e. The molecule has 0 atom stereocenters. The third-order valence-electron chi connectivity index (χ3n) is 15.3. The number of unbranched alkanes of at least 4 members (excludes halogenated alkanes) is 6. The molecule has 0 radical (unpaired) electrons. The van der Waals surface area contributed by atoms with Gasteiger partial charge < -0.3 is 20.3 Å². The summed E-state index contributed by atoms with van der Waals surface area (Å²) in [5, 5.41) is 17.7. The van der Waals surface area contributed by atoms with E-state index in [4.69, 9.17) is 9.88 Å². The largest absolute Gasteiger partial charge is 0.457 e. The van der Waals surface area contributed by atoms with Gasteiger partial charge in [-0.25, -0.2) is 13.6 Å². The minimum Gasteiger partial charge on any atom is -0.457 e. The molecular formula is C57H74N7O17S6+. The second kappa shape index (κ2) is 28.2. The van der Waals surface area contributed by atoms with Crippen LogP contribution in [0.25, 0.3) is 0 Å². The number of hydrogen-bond donors (Lipinski definition) is 7. The number of ether oxygens (including phenoxy) is 1. The molecule has 0 saturated carbocycles. The van der Waals surface area contributed by atoms with Gasteiger partial charge in [0, 0.05) is 66.9 Å². The summed E-state index contributed by atoms with van der Waals surface area (Å²) in [6.45, 7) is 8.69. The van der Waals surface area contributed by atoms with Crippen LogP contribution in [0, 0.1) is 0 Å².